The molecule has 0 aromatic heterocycles. The summed E-state index contributed by atoms with van der Waals surface area (Å²) >= 11 is 0. The van der Waals surface area contributed by atoms with Crippen molar-refractivity contribution in [3.63, 3.8) is 0 Å². The van der Waals surface area contributed by atoms with Crippen molar-refractivity contribution >= 4 is 15.7 Å². The van der Waals surface area contributed by atoms with Crippen molar-refractivity contribution < 1.29 is 12.8 Å². The molecule has 4 nitrogen and oxygen atoms in total. The number of primary sulfonamides is 1. The predicted molar refractivity (Wildman–Crippen MR) is 77.0 cm³/mol. The maximum absolute atomic E-state index is 13.5. The van der Waals surface area contributed by atoms with E-state index in [1.807, 2.05) is 0 Å². The van der Waals surface area contributed by atoms with E-state index in [4.69, 9.17) is 5.14 Å². The van der Waals surface area contributed by atoms with E-state index in [1.165, 1.54) is 6.07 Å². The van der Waals surface area contributed by atoms with Crippen molar-refractivity contribution in [1.82, 2.24) is 0 Å². The Morgan fingerprint density at radius 3 is 2.55 bits per heavy atom. The molecule has 0 heterocycles. The van der Waals surface area contributed by atoms with Gasteiger partial charge in [0.25, 0.3) is 0 Å². The Morgan fingerprint density at radius 1 is 1.10 bits per heavy atom. The smallest absolute Gasteiger partial charge is 0.213 e. The zero-order chi connectivity index (χ0) is 14.6. The minimum Gasteiger partial charge on any atom is -0.381 e. The summed E-state index contributed by atoms with van der Waals surface area (Å²) in [6.45, 7) is 0.325. The summed E-state index contributed by atoms with van der Waals surface area (Å²) in [5.74, 6) is -0.497. The number of hydrogen-bond acceptors (Lipinski definition) is 3. The van der Waals surface area contributed by atoms with Crippen LogP contribution < -0.4 is 10.5 Å². The molecule has 2 rings (SSSR count). The molecule has 0 aliphatic heterocycles. The maximum atomic E-state index is 13.5. The van der Waals surface area contributed by atoms with Gasteiger partial charge in [-0.3, -0.25) is 0 Å². The molecule has 20 heavy (non-hydrogen) atoms. The Balaban J connectivity index is 2.07. The van der Waals surface area contributed by atoms with Gasteiger partial charge in [0.05, 0.1) is 5.75 Å². The third-order valence-corrected chi connectivity index (χ3v) is 3.47. The topological polar surface area (TPSA) is 72.2 Å². The van der Waals surface area contributed by atoms with Gasteiger partial charge in [0.1, 0.15) is 5.82 Å². The molecule has 0 unspecified atom stereocenters. The fourth-order valence-electron chi connectivity index (χ4n) is 1.84. The summed E-state index contributed by atoms with van der Waals surface area (Å²) in [5.41, 5.74) is 1.85. The van der Waals surface area contributed by atoms with Crippen LogP contribution in [0.3, 0.4) is 0 Å². The van der Waals surface area contributed by atoms with Gasteiger partial charge in [0, 0.05) is 17.8 Å². The van der Waals surface area contributed by atoms with Crippen LogP contribution >= 0.6 is 0 Å². The fourth-order valence-corrected chi connectivity index (χ4v) is 2.49. The average molecular weight is 294 g/mol. The molecule has 0 spiro atoms. The average Bonchev–Trinajstić information content (AvgIpc) is 2.36. The second-order valence-electron chi connectivity index (χ2n) is 4.45. The standard InChI is InChI=1S/C14H15FN2O2S/c15-14-7-2-1-5-12(14)9-17-13-6-3-4-11(8-13)10-20(16,18)19/h1-8,17H,9-10H2,(H2,16,18,19). The van der Waals surface area contributed by atoms with Crippen LogP contribution in [0.5, 0.6) is 0 Å². The Bertz CT molecular complexity index is 702. The molecule has 0 saturated carbocycles. The zero-order valence-electron chi connectivity index (χ0n) is 10.7. The van der Waals surface area contributed by atoms with Crippen molar-refractivity contribution in [3.05, 3.63) is 65.5 Å². The van der Waals surface area contributed by atoms with E-state index in [0.29, 0.717) is 17.7 Å². The highest BCUT2D eigenvalue weighted by Gasteiger charge is 2.06. The summed E-state index contributed by atoms with van der Waals surface area (Å²) in [4.78, 5) is 0. The molecule has 3 N–H and O–H groups in total. The number of halogens is 1. The van der Waals surface area contributed by atoms with Crippen LogP contribution in [0.25, 0.3) is 0 Å². The van der Waals surface area contributed by atoms with Crippen molar-refractivity contribution in [1.29, 1.82) is 0 Å². The molecular formula is C14H15FN2O2S. The van der Waals surface area contributed by atoms with Crippen molar-refractivity contribution in [3.8, 4) is 0 Å². The molecule has 0 amide bonds. The molecule has 0 radical (unpaired) electrons. The van der Waals surface area contributed by atoms with Gasteiger partial charge in [-0.25, -0.2) is 17.9 Å². The van der Waals surface area contributed by atoms with Crippen molar-refractivity contribution in [2.45, 2.75) is 12.3 Å². The van der Waals surface area contributed by atoms with Gasteiger partial charge in [-0.1, -0.05) is 30.3 Å². The number of nitrogens with two attached hydrogens (primary N) is 1. The Morgan fingerprint density at radius 2 is 1.85 bits per heavy atom. The minimum absolute atomic E-state index is 0.220. The highest BCUT2D eigenvalue weighted by molar-refractivity contribution is 7.88. The molecule has 0 aliphatic rings. The van der Waals surface area contributed by atoms with Gasteiger partial charge in [-0.2, -0.15) is 0 Å². The number of sulfonamides is 1. The molecule has 0 aliphatic carbocycles. The lowest BCUT2D eigenvalue weighted by molar-refractivity contribution is 0.597. The second-order valence-corrected chi connectivity index (χ2v) is 6.07. The summed E-state index contributed by atoms with van der Waals surface area (Å²) in [6, 6.07) is 13.4. The first kappa shape index (κ1) is 14.5. The lowest BCUT2D eigenvalue weighted by atomic mass is 10.2. The molecule has 2 aromatic carbocycles. The molecule has 6 heteroatoms. The van der Waals surface area contributed by atoms with E-state index in [1.54, 1.807) is 42.5 Å². The first-order valence-corrected chi connectivity index (χ1v) is 7.72. The molecule has 106 valence electrons. The summed E-state index contributed by atoms with van der Waals surface area (Å²) in [5, 5.41) is 8.06. The van der Waals surface area contributed by atoms with E-state index in [0.717, 1.165) is 5.69 Å². The van der Waals surface area contributed by atoms with Gasteiger partial charge < -0.3 is 5.32 Å². The van der Waals surface area contributed by atoms with Gasteiger partial charge in [0.2, 0.25) is 10.0 Å². The minimum atomic E-state index is -3.56. The Labute approximate surface area is 117 Å². The summed E-state index contributed by atoms with van der Waals surface area (Å²) in [6.07, 6.45) is 0. The third-order valence-electron chi connectivity index (χ3n) is 2.74. The van der Waals surface area contributed by atoms with E-state index in [9.17, 15) is 12.8 Å². The van der Waals surface area contributed by atoms with Gasteiger partial charge in [0.15, 0.2) is 0 Å². The molecule has 2 aromatic rings. The number of benzene rings is 2. The number of nitrogens with one attached hydrogen (secondary N) is 1. The highest BCUT2D eigenvalue weighted by Crippen LogP contribution is 2.14. The normalized spacial score (nSPS) is 11.3. The lowest BCUT2D eigenvalue weighted by Gasteiger charge is -2.09. The summed E-state index contributed by atoms with van der Waals surface area (Å²) in [7, 11) is -3.56. The molecule has 0 bridgehead atoms. The third kappa shape index (κ3) is 4.32. The van der Waals surface area contributed by atoms with Crippen LogP contribution in [0.2, 0.25) is 0 Å². The van der Waals surface area contributed by atoms with E-state index in [2.05, 4.69) is 5.32 Å². The summed E-state index contributed by atoms with van der Waals surface area (Å²) < 4.78 is 35.5. The van der Waals surface area contributed by atoms with Crippen LogP contribution in [0.1, 0.15) is 11.1 Å². The highest BCUT2D eigenvalue weighted by atomic mass is 32.2. The molecule has 0 atom stereocenters. The number of rotatable bonds is 5. The molecule has 0 saturated heterocycles. The quantitative estimate of drug-likeness (QED) is 0.888. The van der Waals surface area contributed by atoms with Gasteiger partial charge in [-0.05, 0) is 23.8 Å². The van der Waals surface area contributed by atoms with Crippen LogP contribution in [-0.2, 0) is 22.3 Å². The van der Waals surface area contributed by atoms with Crippen LogP contribution in [0.4, 0.5) is 10.1 Å². The lowest BCUT2D eigenvalue weighted by Crippen LogP contribution is -2.14. The second kappa shape index (κ2) is 6.02. The fraction of sp³-hybridized carbons (Fsp3) is 0.143. The monoisotopic (exact) mass is 294 g/mol. The SMILES string of the molecule is NS(=O)(=O)Cc1cccc(NCc2ccccc2F)c1. The largest absolute Gasteiger partial charge is 0.381 e. The maximum Gasteiger partial charge on any atom is 0.213 e. The Kier molecular flexibility index (Phi) is 4.36. The zero-order valence-corrected chi connectivity index (χ0v) is 11.5. The van der Waals surface area contributed by atoms with Crippen molar-refractivity contribution in [2.75, 3.05) is 5.32 Å². The van der Waals surface area contributed by atoms with Gasteiger partial charge >= 0.3 is 0 Å². The molecular weight excluding hydrogens is 279 g/mol. The molecule has 0 fully saturated rings. The number of hydrogen-bond donors (Lipinski definition) is 2. The van der Waals surface area contributed by atoms with Gasteiger partial charge in [-0.15, -0.1) is 0 Å². The first-order valence-electron chi connectivity index (χ1n) is 6.01. The van der Waals surface area contributed by atoms with Crippen LogP contribution in [-0.4, -0.2) is 8.42 Å². The van der Waals surface area contributed by atoms with E-state index < -0.39 is 10.0 Å². The first-order chi connectivity index (χ1) is 9.44. The predicted octanol–water partition coefficient (Wildman–Crippen LogP) is 2.23. The van der Waals surface area contributed by atoms with E-state index >= 15 is 0 Å². The van der Waals surface area contributed by atoms with Crippen molar-refractivity contribution in [2.24, 2.45) is 5.14 Å². The van der Waals surface area contributed by atoms with Crippen LogP contribution in [0.15, 0.2) is 48.5 Å². The van der Waals surface area contributed by atoms with Crippen LogP contribution in [0, 0.1) is 5.82 Å². The Hall–Kier alpha value is -1.92. The number of anilines is 1. The van der Waals surface area contributed by atoms with E-state index in [-0.39, 0.29) is 11.6 Å².